The van der Waals surface area contributed by atoms with Gasteiger partial charge in [0.15, 0.2) is 0 Å². The Hall–Kier alpha value is -1.77. The van der Waals surface area contributed by atoms with Crippen LogP contribution in [0.15, 0.2) is 30.5 Å². The fourth-order valence-corrected chi connectivity index (χ4v) is 2.25. The predicted molar refractivity (Wildman–Crippen MR) is 77.8 cm³/mol. The summed E-state index contributed by atoms with van der Waals surface area (Å²) in [6.07, 6.45) is 1.98. The number of ether oxygens (including phenoxy) is 1. The largest absolute Gasteiger partial charge is 0.497 e. The van der Waals surface area contributed by atoms with E-state index < -0.39 is 0 Å². The van der Waals surface area contributed by atoms with Crippen molar-refractivity contribution in [3.8, 4) is 5.75 Å². The molecule has 3 heteroatoms. The Bertz CT molecular complexity index is 547. The van der Waals surface area contributed by atoms with E-state index in [9.17, 15) is 0 Å². The van der Waals surface area contributed by atoms with Gasteiger partial charge in [-0.25, -0.2) is 0 Å². The van der Waals surface area contributed by atoms with Crippen molar-refractivity contribution in [1.29, 1.82) is 0 Å². The van der Waals surface area contributed by atoms with E-state index in [1.54, 1.807) is 7.11 Å². The van der Waals surface area contributed by atoms with E-state index >= 15 is 0 Å². The summed E-state index contributed by atoms with van der Waals surface area (Å²) in [6, 6.07) is 8.13. The third-order valence-electron chi connectivity index (χ3n) is 3.40. The number of aromatic nitrogens is 2. The first-order valence-electron chi connectivity index (χ1n) is 6.57. The highest BCUT2D eigenvalue weighted by atomic mass is 16.5. The molecule has 19 heavy (non-hydrogen) atoms. The van der Waals surface area contributed by atoms with Crippen LogP contribution in [0.4, 0.5) is 0 Å². The molecule has 0 bridgehead atoms. The van der Waals surface area contributed by atoms with E-state index in [1.165, 1.54) is 16.8 Å². The number of hydrogen-bond donors (Lipinski definition) is 0. The van der Waals surface area contributed by atoms with E-state index in [2.05, 4.69) is 49.6 Å². The SMILES string of the molecule is COc1ccc(Cn2ncc(C(C)(C)C)c2C)cc1. The van der Waals surface area contributed by atoms with E-state index in [1.807, 2.05) is 18.3 Å². The third-order valence-corrected chi connectivity index (χ3v) is 3.40. The number of nitrogens with zero attached hydrogens (tertiary/aromatic N) is 2. The Morgan fingerprint density at radius 2 is 1.79 bits per heavy atom. The van der Waals surface area contributed by atoms with Gasteiger partial charge in [-0.3, -0.25) is 4.68 Å². The molecule has 2 aromatic rings. The second-order valence-electron chi connectivity index (χ2n) is 5.90. The Morgan fingerprint density at radius 1 is 1.16 bits per heavy atom. The molecule has 102 valence electrons. The lowest BCUT2D eigenvalue weighted by molar-refractivity contribution is 0.414. The smallest absolute Gasteiger partial charge is 0.118 e. The molecule has 3 nitrogen and oxygen atoms in total. The predicted octanol–water partition coefficient (Wildman–Crippen LogP) is 3.55. The molecule has 0 aliphatic heterocycles. The van der Waals surface area contributed by atoms with Gasteiger partial charge >= 0.3 is 0 Å². The molecular weight excluding hydrogens is 236 g/mol. The molecule has 0 spiro atoms. The first kappa shape index (κ1) is 13.7. The average molecular weight is 258 g/mol. The van der Waals surface area contributed by atoms with Crippen LogP contribution in [0.5, 0.6) is 5.75 Å². The zero-order valence-electron chi connectivity index (χ0n) is 12.4. The quantitative estimate of drug-likeness (QED) is 0.842. The summed E-state index contributed by atoms with van der Waals surface area (Å²) in [5, 5.41) is 4.51. The van der Waals surface area contributed by atoms with Crippen LogP contribution in [0, 0.1) is 6.92 Å². The molecule has 1 aromatic heterocycles. The standard InChI is InChI=1S/C16H22N2O/c1-12-15(16(2,3)4)10-17-18(12)11-13-6-8-14(19-5)9-7-13/h6-10H,11H2,1-5H3. The van der Waals surface area contributed by atoms with E-state index in [-0.39, 0.29) is 5.41 Å². The van der Waals surface area contributed by atoms with Crippen molar-refractivity contribution in [3.63, 3.8) is 0 Å². The van der Waals surface area contributed by atoms with Gasteiger partial charge in [0.1, 0.15) is 5.75 Å². The van der Waals surface area contributed by atoms with E-state index in [0.717, 1.165) is 12.3 Å². The molecule has 0 unspecified atom stereocenters. The fraction of sp³-hybridized carbons (Fsp3) is 0.438. The third kappa shape index (κ3) is 2.98. The lowest BCUT2D eigenvalue weighted by atomic mass is 9.87. The van der Waals surface area contributed by atoms with Crippen LogP contribution in [-0.2, 0) is 12.0 Å². The Kier molecular flexibility index (Phi) is 3.65. The zero-order valence-corrected chi connectivity index (χ0v) is 12.4. The molecule has 1 aromatic carbocycles. The van der Waals surface area contributed by atoms with Crippen LogP contribution in [0.1, 0.15) is 37.6 Å². The molecule has 2 rings (SSSR count). The van der Waals surface area contributed by atoms with E-state index in [0.29, 0.717) is 0 Å². The maximum Gasteiger partial charge on any atom is 0.118 e. The highest BCUT2D eigenvalue weighted by molar-refractivity contribution is 5.29. The summed E-state index contributed by atoms with van der Waals surface area (Å²) in [7, 11) is 1.68. The molecule has 0 saturated heterocycles. The summed E-state index contributed by atoms with van der Waals surface area (Å²) in [5.74, 6) is 0.885. The Balaban J connectivity index is 2.21. The van der Waals surface area contributed by atoms with Crippen LogP contribution in [0.3, 0.4) is 0 Å². The summed E-state index contributed by atoms with van der Waals surface area (Å²) >= 11 is 0. The van der Waals surface area contributed by atoms with Crippen molar-refractivity contribution in [2.45, 2.75) is 39.7 Å². The van der Waals surface area contributed by atoms with Gasteiger partial charge in [0, 0.05) is 5.69 Å². The van der Waals surface area contributed by atoms with Crippen LogP contribution < -0.4 is 4.74 Å². The van der Waals surface area contributed by atoms with Gasteiger partial charge in [0.2, 0.25) is 0 Å². The molecule has 0 fully saturated rings. The highest BCUT2D eigenvalue weighted by Crippen LogP contribution is 2.25. The van der Waals surface area contributed by atoms with Crippen LogP contribution in [-0.4, -0.2) is 16.9 Å². The monoisotopic (exact) mass is 258 g/mol. The van der Waals surface area contributed by atoms with Gasteiger partial charge in [0.05, 0.1) is 19.9 Å². The first-order valence-corrected chi connectivity index (χ1v) is 6.57. The first-order chi connectivity index (χ1) is 8.91. The minimum absolute atomic E-state index is 0.141. The van der Waals surface area contributed by atoms with Crippen LogP contribution in [0.25, 0.3) is 0 Å². The molecule has 0 atom stereocenters. The minimum atomic E-state index is 0.141. The van der Waals surface area contributed by atoms with Gasteiger partial charge in [-0.1, -0.05) is 32.9 Å². The molecule has 0 saturated carbocycles. The van der Waals surface area contributed by atoms with Crippen molar-refractivity contribution in [3.05, 3.63) is 47.3 Å². The van der Waals surface area contributed by atoms with Gasteiger partial charge in [-0.2, -0.15) is 5.10 Å². The van der Waals surface area contributed by atoms with Gasteiger partial charge in [-0.05, 0) is 35.6 Å². The summed E-state index contributed by atoms with van der Waals surface area (Å²) in [4.78, 5) is 0. The summed E-state index contributed by atoms with van der Waals surface area (Å²) in [6.45, 7) is 9.58. The van der Waals surface area contributed by atoms with Crippen molar-refractivity contribution in [1.82, 2.24) is 9.78 Å². The minimum Gasteiger partial charge on any atom is -0.497 e. The number of methoxy groups -OCH3 is 1. The second kappa shape index (κ2) is 5.08. The lowest BCUT2D eigenvalue weighted by Gasteiger charge is -2.18. The number of rotatable bonds is 3. The maximum atomic E-state index is 5.17. The van der Waals surface area contributed by atoms with Crippen LogP contribution >= 0.6 is 0 Å². The van der Waals surface area contributed by atoms with Crippen molar-refractivity contribution in [2.75, 3.05) is 7.11 Å². The second-order valence-corrected chi connectivity index (χ2v) is 5.90. The lowest BCUT2D eigenvalue weighted by Crippen LogP contribution is -2.13. The number of benzene rings is 1. The fourth-order valence-electron chi connectivity index (χ4n) is 2.25. The molecule has 0 amide bonds. The van der Waals surface area contributed by atoms with Gasteiger partial charge < -0.3 is 4.74 Å². The Morgan fingerprint density at radius 3 is 2.26 bits per heavy atom. The van der Waals surface area contributed by atoms with Crippen molar-refractivity contribution in [2.24, 2.45) is 0 Å². The van der Waals surface area contributed by atoms with Crippen molar-refractivity contribution >= 4 is 0 Å². The molecular formula is C16H22N2O. The molecule has 0 radical (unpaired) electrons. The average Bonchev–Trinajstić information content (AvgIpc) is 2.72. The highest BCUT2D eigenvalue weighted by Gasteiger charge is 2.19. The topological polar surface area (TPSA) is 27.1 Å². The van der Waals surface area contributed by atoms with Crippen LogP contribution in [0.2, 0.25) is 0 Å². The molecule has 1 heterocycles. The van der Waals surface area contributed by atoms with Gasteiger partial charge in [-0.15, -0.1) is 0 Å². The maximum absolute atomic E-state index is 5.17. The normalized spacial score (nSPS) is 11.6. The Labute approximate surface area is 115 Å². The van der Waals surface area contributed by atoms with E-state index in [4.69, 9.17) is 4.74 Å². The summed E-state index contributed by atoms with van der Waals surface area (Å²) in [5.41, 5.74) is 3.92. The molecule has 0 aliphatic carbocycles. The van der Waals surface area contributed by atoms with Gasteiger partial charge in [0.25, 0.3) is 0 Å². The zero-order chi connectivity index (χ0) is 14.0. The summed E-state index contributed by atoms with van der Waals surface area (Å²) < 4.78 is 7.23. The molecule has 0 N–H and O–H groups in total. The van der Waals surface area contributed by atoms with Crippen molar-refractivity contribution < 1.29 is 4.74 Å². The number of hydrogen-bond acceptors (Lipinski definition) is 2. The molecule has 0 aliphatic rings.